The minimum atomic E-state index is -1.33. The minimum absolute atomic E-state index is 0.0287. The smallest absolute Gasteiger partial charge is 0.328 e. The molecule has 0 aliphatic carbocycles. The molecule has 2 heterocycles. The number of benzene rings is 2. The molecule has 2 aromatic rings. The topological polar surface area (TPSA) is 149 Å². The molecular weight excluding hydrogens is 545 g/mol. The third kappa shape index (κ3) is 6.63. The van der Waals surface area contributed by atoms with Crippen LogP contribution in [0.4, 0.5) is 0 Å². The first-order chi connectivity index (χ1) is 18.7. The highest BCUT2D eigenvalue weighted by Crippen LogP contribution is 2.35. The highest BCUT2D eigenvalue weighted by Gasteiger charge is 2.29. The number of aliphatic imine (C=N–C) groups is 1. The lowest BCUT2D eigenvalue weighted by Gasteiger charge is -2.29. The molecule has 2 aromatic carbocycles. The van der Waals surface area contributed by atoms with Gasteiger partial charge in [-0.1, -0.05) is 41.4 Å². The Kier molecular flexibility index (Phi) is 8.98. The number of amides is 2. The van der Waals surface area contributed by atoms with Crippen LogP contribution < -0.4 is 11.1 Å². The molecule has 1 fully saturated rings. The Bertz CT molecular complexity index is 1340. The van der Waals surface area contributed by atoms with Gasteiger partial charge in [0.2, 0.25) is 5.91 Å². The highest BCUT2D eigenvalue weighted by molar-refractivity contribution is 6.40. The van der Waals surface area contributed by atoms with Crippen molar-refractivity contribution in [3.8, 4) is 5.75 Å². The third-order valence-electron chi connectivity index (χ3n) is 6.76. The molecule has 1 saturated heterocycles. The Morgan fingerprint density at radius 2 is 1.85 bits per heavy atom. The van der Waals surface area contributed by atoms with Crippen molar-refractivity contribution in [2.45, 2.75) is 31.8 Å². The predicted octanol–water partition coefficient (Wildman–Crippen LogP) is 2.89. The number of nitrogens with two attached hydrogens (primary N) is 1. The second-order valence-corrected chi connectivity index (χ2v) is 10.1. The van der Waals surface area contributed by atoms with Gasteiger partial charge in [0.15, 0.2) is 5.96 Å². The minimum Gasteiger partial charge on any atom is -0.507 e. The first kappa shape index (κ1) is 28.3. The van der Waals surface area contributed by atoms with Gasteiger partial charge in [0.05, 0.1) is 22.2 Å². The van der Waals surface area contributed by atoms with E-state index in [2.05, 4.69) is 10.3 Å². The number of halogens is 2. The first-order valence-electron chi connectivity index (χ1n) is 12.5. The van der Waals surface area contributed by atoms with Crippen LogP contribution in [-0.2, 0) is 22.6 Å². The maximum absolute atomic E-state index is 13.1. The molecular formula is C27H29Cl2N5O5. The number of aliphatic carboxylic acids is 1. The molecule has 2 aliphatic heterocycles. The average molecular weight is 574 g/mol. The Hall–Kier alpha value is -3.76. The van der Waals surface area contributed by atoms with E-state index in [4.69, 9.17) is 28.9 Å². The normalized spacial score (nSPS) is 16.3. The van der Waals surface area contributed by atoms with Gasteiger partial charge in [0, 0.05) is 37.8 Å². The highest BCUT2D eigenvalue weighted by atomic mass is 35.5. The number of carbonyl (C=O) groups is 3. The number of fused-ring (bicyclic) bond motifs is 1. The number of carbonyl (C=O) groups excluding carboxylic acids is 2. The molecule has 0 bridgehead atoms. The second-order valence-electron chi connectivity index (χ2n) is 9.34. The SMILES string of the molecule is NC(=NC[C@H](NC(=O)c1c(Cl)cc2c(c1Cl)CCN(C(=O)/C=C/c1ccccc1O)C2)C(=O)O)N1CCCC1. The zero-order chi connectivity index (χ0) is 28.1. The van der Waals surface area contributed by atoms with Crippen LogP contribution in [0.3, 0.4) is 0 Å². The maximum atomic E-state index is 13.1. The summed E-state index contributed by atoms with van der Waals surface area (Å²) in [5.41, 5.74) is 7.82. The maximum Gasteiger partial charge on any atom is 0.328 e. The number of aromatic hydroxyl groups is 1. The molecule has 0 radical (unpaired) electrons. The van der Waals surface area contributed by atoms with Crippen molar-refractivity contribution < 1.29 is 24.6 Å². The molecule has 2 aliphatic rings. The van der Waals surface area contributed by atoms with Crippen molar-refractivity contribution in [2.75, 3.05) is 26.2 Å². The Morgan fingerprint density at radius 1 is 1.13 bits per heavy atom. The van der Waals surface area contributed by atoms with Gasteiger partial charge in [-0.15, -0.1) is 0 Å². The van der Waals surface area contributed by atoms with E-state index < -0.39 is 17.9 Å². The molecule has 0 aromatic heterocycles. The van der Waals surface area contributed by atoms with Gasteiger partial charge < -0.3 is 31.1 Å². The quantitative estimate of drug-likeness (QED) is 0.226. The van der Waals surface area contributed by atoms with Crippen LogP contribution in [0.1, 0.15) is 39.9 Å². The number of carboxylic acid groups (broad SMARTS) is 1. The molecule has 39 heavy (non-hydrogen) atoms. The fraction of sp³-hybridized carbons (Fsp3) is 0.333. The van der Waals surface area contributed by atoms with Crippen LogP contribution in [0, 0.1) is 0 Å². The fourth-order valence-corrected chi connectivity index (χ4v) is 5.35. The van der Waals surface area contributed by atoms with Gasteiger partial charge in [-0.3, -0.25) is 14.6 Å². The number of para-hydroxylation sites is 1. The summed E-state index contributed by atoms with van der Waals surface area (Å²) in [7, 11) is 0. The van der Waals surface area contributed by atoms with Crippen molar-refractivity contribution in [2.24, 2.45) is 10.7 Å². The van der Waals surface area contributed by atoms with E-state index >= 15 is 0 Å². The van der Waals surface area contributed by atoms with Crippen molar-refractivity contribution >= 4 is 53.0 Å². The summed E-state index contributed by atoms with van der Waals surface area (Å²) < 4.78 is 0. The van der Waals surface area contributed by atoms with E-state index in [9.17, 15) is 24.6 Å². The predicted molar refractivity (Wildman–Crippen MR) is 149 cm³/mol. The molecule has 12 heteroatoms. The molecule has 2 amide bonds. The summed E-state index contributed by atoms with van der Waals surface area (Å²) in [5.74, 6) is -1.94. The van der Waals surface area contributed by atoms with Crippen molar-refractivity contribution in [3.05, 3.63) is 68.7 Å². The molecule has 206 valence electrons. The fourth-order valence-electron chi connectivity index (χ4n) is 4.59. The van der Waals surface area contributed by atoms with Crippen LogP contribution in [0.5, 0.6) is 5.75 Å². The summed E-state index contributed by atoms with van der Waals surface area (Å²) in [5, 5.41) is 22.1. The number of hydrogen-bond acceptors (Lipinski definition) is 5. The number of phenolic OH excluding ortho intramolecular Hbond substituents is 1. The van der Waals surface area contributed by atoms with Crippen LogP contribution in [0.2, 0.25) is 10.0 Å². The monoisotopic (exact) mass is 573 g/mol. The van der Waals surface area contributed by atoms with Crippen LogP contribution in [-0.4, -0.2) is 76.0 Å². The Labute approximate surface area is 235 Å². The van der Waals surface area contributed by atoms with E-state index in [0.717, 1.165) is 25.9 Å². The zero-order valence-corrected chi connectivity index (χ0v) is 22.6. The van der Waals surface area contributed by atoms with E-state index in [-0.39, 0.29) is 46.3 Å². The van der Waals surface area contributed by atoms with Crippen molar-refractivity contribution in [3.63, 3.8) is 0 Å². The number of nitrogens with one attached hydrogen (secondary N) is 1. The Balaban J connectivity index is 1.46. The van der Waals surface area contributed by atoms with E-state index in [0.29, 0.717) is 29.7 Å². The van der Waals surface area contributed by atoms with Crippen LogP contribution in [0.15, 0.2) is 41.4 Å². The number of guanidine groups is 1. The van der Waals surface area contributed by atoms with Gasteiger partial charge in [0.1, 0.15) is 11.8 Å². The van der Waals surface area contributed by atoms with E-state index in [1.54, 1.807) is 35.2 Å². The van der Waals surface area contributed by atoms with Crippen LogP contribution in [0.25, 0.3) is 6.08 Å². The molecule has 1 atom stereocenters. The lowest BCUT2D eigenvalue weighted by Crippen LogP contribution is -2.44. The number of carboxylic acids is 1. The summed E-state index contributed by atoms with van der Waals surface area (Å²) in [6.07, 6.45) is 5.29. The lowest BCUT2D eigenvalue weighted by atomic mass is 9.96. The Morgan fingerprint density at radius 3 is 2.54 bits per heavy atom. The number of hydrogen-bond donors (Lipinski definition) is 4. The number of nitrogens with zero attached hydrogens (tertiary/aromatic N) is 3. The van der Waals surface area contributed by atoms with Crippen LogP contribution >= 0.6 is 23.2 Å². The molecule has 4 rings (SSSR count). The van der Waals surface area contributed by atoms with Gasteiger partial charge in [-0.05, 0) is 48.6 Å². The zero-order valence-electron chi connectivity index (χ0n) is 21.1. The number of likely N-dealkylation sites (tertiary alicyclic amines) is 1. The molecule has 10 nitrogen and oxygen atoms in total. The van der Waals surface area contributed by atoms with Crippen molar-refractivity contribution in [1.82, 2.24) is 15.1 Å². The summed E-state index contributed by atoms with van der Waals surface area (Å²) in [6, 6.07) is 6.93. The molecule has 5 N–H and O–H groups in total. The van der Waals surface area contributed by atoms with Gasteiger partial charge in [-0.25, -0.2) is 4.79 Å². The van der Waals surface area contributed by atoms with Crippen molar-refractivity contribution in [1.29, 1.82) is 0 Å². The molecule has 0 spiro atoms. The number of rotatable bonds is 7. The first-order valence-corrected chi connectivity index (χ1v) is 13.2. The standard InChI is InChI=1S/C27H29Cl2N5O5/c28-19-13-17-15-34(22(36)8-7-16-5-1-2-6-21(16)35)12-9-18(17)24(29)23(19)25(37)32-20(26(38)39)14-31-27(30)33-10-3-4-11-33/h1-2,5-8,13,20,35H,3-4,9-12,14-15H2,(H2,30,31)(H,32,37)(H,38,39)/b8-7+/t20-/m0/s1. The second kappa shape index (κ2) is 12.4. The van der Waals surface area contributed by atoms with Gasteiger partial charge >= 0.3 is 5.97 Å². The summed E-state index contributed by atoms with van der Waals surface area (Å²) >= 11 is 13.0. The largest absolute Gasteiger partial charge is 0.507 e. The van der Waals surface area contributed by atoms with E-state index in [1.807, 2.05) is 4.90 Å². The summed E-state index contributed by atoms with van der Waals surface area (Å²) in [4.78, 5) is 45.3. The lowest BCUT2D eigenvalue weighted by molar-refractivity contribution is -0.139. The van der Waals surface area contributed by atoms with E-state index in [1.165, 1.54) is 12.1 Å². The van der Waals surface area contributed by atoms with Gasteiger partial charge in [0.25, 0.3) is 5.91 Å². The summed E-state index contributed by atoms with van der Waals surface area (Å²) in [6.45, 7) is 1.85. The third-order valence-corrected chi connectivity index (χ3v) is 7.47. The molecule has 0 unspecified atom stereocenters. The molecule has 0 saturated carbocycles. The number of phenols is 1. The van der Waals surface area contributed by atoms with Gasteiger partial charge in [-0.2, -0.15) is 0 Å². The average Bonchev–Trinajstić information content (AvgIpc) is 3.45.